The summed E-state index contributed by atoms with van der Waals surface area (Å²) in [6, 6.07) is 16.9. The number of hydrogen-bond acceptors (Lipinski definition) is 2. The fraction of sp³-hybridized carbons (Fsp3) is 0.143. The van der Waals surface area contributed by atoms with Crippen LogP contribution in [0.3, 0.4) is 0 Å². The van der Waals surface area contributed by atoms with E-state index >= 15 is 0 Å². The monoisotopic (exact) mass is 244 g/mol. The molecule has 0 aliphatic heterocycles. The van der Waals surface area contributed by atoms with E-state index < -0.39 is 0 Å². The minimum atomic E-state index is -0.348. The Hall–Kier alpha value is -1.74. The average Bonchev–Trinajstić information content (AvgIpc) is 2.34. The molecule has 0 aromatic heterocycles. The van der Waals surface area contributed by atoms with Gasteiger partial charge in [0.25, 0.3) is 0 Å². The van der Waals surface area contributed by atoms with E-state index in [1.165, 1.54) is 0 Å². The molecule has 3 heteroatoms. The summed E-state index contributed by atoms with van der Waals surface area (Å²) < 4.78 is 0. The van der Waals surface area contributed by atoms with Gasteiger partial charge in [-0.1, -0.05) is 36.4 Å². The lowest BCUT2D eigenvalue weighted by Gasteiger charge is -2.05. The van der Waals surface area contributed by atoms with Crippen LogP contribution in [0.4, 0.5) is 0 Å². The molecule has 0 saturated heterocycles. The smallest absolute Gasteiger partial charge is 0.118 e. The molecule has 88 valence electrons. The Bertz CT molecular complexity index is 452. The Morgan fingerprint density at radius 3 is 1.53 bits per heavy atom. The van der Waals surface area contributed by atoms with Gasteiger partial charge in [0.15, 0.2) is 0 Å². The lowest BCUT2D eigenvalue weighted by molar-refractivity contribution is 0.470. The number of hydrogen-bond donors (Lipinski definition) is 2. The van der Waals surface area contributed by atoms with E-state index in [9.17, 15) is 10.2 Å². The van der Waals surface area contributed by atoms with Gasteiger partial charge >= 0.3 is 0 Å². The van der Waals surface area contributed by atoms with Crippen LogP contribution in [0, 0.1) is 0 Å². The second kappa shape index (κ2) is 5.55. The zero-order valence-corrected chi connectivity index (χ0v) is 11.0. The van der Waals surface area contributed by atoms with Crippen LogP contribution in [-0.2, 0) is 12.1 Å². The van der Waals surface area contributed by atoms with Crippen molar-refractivity contribution in [1.29, 1.82) is 0 Å². The van der Waals surface area contributed by atoms with Crippen LogP contribution in [0.25, 0.3) is 0 Å². The topological polar surface area (TPSA) is 40.5 Å². The summed E-state index contributed by atoms with van der Waals surface area (Å²) in [6.45, 7) is 0. The van der Waals surface area contributed by atoms with Crippen LogP contribution < -0.4 is 0 Å². The molecule has 2 nitrogen and oxygen atoms in total. The highest BCUT2D eigenvalue weighted by Crippen LogP contribution is 2.18. The number of benzene rings is 2. The third-order valence-corrected chi connectivity index (χ3v) is 4.66. The van der Waals surface area contributed by atoms with Crippen molar-refractivity contribution in [1.82, 2.24) is 0 Å². The van der Waals surface area contributed by atoms with Crippen molar-refractivity contribution in [3.05, 3.63) is 59.7 Å². The van der Waals surface area contributed by atoms with E-state index in [0.717, 1.165) is 23.2 Å². The van der Waals surface area contributed by atoms with E-state index in [4.69, 9.17) is 0 Å². The average molecular weight is 244 g/mol. The molecule has 0 amide bonds. The van der Waals surface area contributed by atoms with Gasteiger partial charge in [-0.3, -0.25) is 0 Å². The molecule has 0 aliphatic carbocycles. The maximum Gasteiger partial charge on any atom is 0.118 e. The van der Waals surface area contributed by atoms with Gasteiger partial charge in [0.05, 0.1) is 0 Å². The third kappa shape index (κ3) is 3.11. The van der Waals surface area contributed by atoms with Gasteiger partial charge in [-0.15, -0.1) is 0 Å². The minimum Gasteiger partial charge on any atom is -0.508 e. The Morgan fingerprint density at radius 1 is 0.706 bits per heavy atom. The maximum absolute atomic E-state index is 9.64. The van der Waals surface area contributed by atoms with Crippen molar-refractivity contribution in [2.45, 2.75) is 12.1 Å². The van der Waals surface area contributed by atoms with Crippen LogP contribution >= 0.6 is 0 Å². The van der Waals surface area contributed by atoms with E-state index in [0.29, 0.717) is 11.5 Å². The Kier molecular flexibility index (Phi) is 3.83. The summed E-state index contributed by atoms with van der Waals surface area (Å²) >= 11 is 0. The second-order valence-corrected chi connectivity index (χ2v) is 5.82. The normalized spacial score (nSPS) is 10.4. The molecule has 0 radical (unpaired) electrons. The molecule has 2 N–H and O–H groups in total. The van der Waals surface area contributed by atoms with Crippen LogP contribution in [0.15, 0.2) is 48.5 Å². The molecule has 0 heterocycles. The summed E-state index contributed by atoms with van der Waals surface area (Å²) in [5.41, 5.74) is 2.05. The van der Waals surface area contributed by atoms with Crippen LogP contribution in [0.2, 0.25) is 0 Å². The Balaban J connectivity index is 1.93. The third-order valence-electron chi connectivity index (χ3n) is 2.88. The van der Waals surface area contributed by atoms with E-state index in [1.807, 2.05) is 36.4 Å². The minimum absolute atomic E-state index is 0.348. The largest absolute Gasteiger partial charge is 0.508 e. The van der Waals surface area contributed by atoms with Crippen molar-refractivity contribution < 1.29 is 10.2 Å². The summed E-state index contributed by atoms with van der Waals surface area (Å²) in [5, 5.41) is 19.3. The highest BCUT2D eigenvalue weighted by atomic mass is 28.2. The molecule has 0 aliphatic rings. The number of phenolic OH excluding ortho intramolecular Hbond substituents is 2. The zero-order chi connectivity index (χ0) is 12.1. The Labute approximate surface area is 103 Å². The van der Waals surface area contributed by atoms with Gasteiger partial charge in [-0.05, 0) is 35.3 Å². The van der Waals surface area contributed by atoms with Gasteiger partial charge < -0.3 is 10.2 Å². The van der Waals surface area contributed by atoms with Gasteiger partial charge in [-0.2, -0.15) is 0 Å². The number of aromatic hydroxyl groups is 2. The highest BCUT2D eigenvalue weighted by Gasteiger charge is 2.03. The van der Waals surface area contributed by atoms with Crippen molar-refractivity contribution >= 4 is 9.52 Å². The molecular formula is C14H16O2Si. The molecule has 17 heavy (non-hydrogen) atoms. The summed E-state index contributed by atoms with van der Waals surface area (Å²) in [5.74, 6) is 0.773. The van der Waals surface area contributed by atoms with Crippen LogP contribution in [-0.4, -0.2) is 19.7 Å². The molecule has 0 unspecified atom stereocenters. The van der Waals surface area contributed by atoms with Gasteiger partial charge in [-0.25, -0.2) is 0 Å². The van der Waals surface area contributed by atoms with Crippen molar-refractivity contribution in [2.24, 2.45) is 0 Å². The summed E-state index contributed by atoms with van der Waals surface area (Å²) in [7, 11) is -0.348. The predicted octanol–water partition coefficient (Wildman–Crippen LogP) is 1.97. The zero-order valence-electron chi connectivity index (χ0n) is 9.63. The van der Waals surface area contributed by atoms with Crippen molar-refractivity contribution in [3.63, 3.8) is 0 Å². The number of phenols is 2. The van der Waals surface area contributed by atoms with E-state index in [-0.39, 0.29) is 9.52 Å². The lowest BCUT2D eigenvalue weighted by atomic mass is 10.2. The fourth-order valence-corrected chi connectivity index (χ4v) is 3.70. The number of para-hydroxylation sites is 2. The first kappa shape index (κ1) is 11.7. The van der Waals surface area contributed by atoms with E-state index in [2.05, 4.69) is 0 Å². The van der Waals surface area contributed by atoms with Gasteiger partial charge in [0.2, 0.25) is 0 Å². The molecule has 0 bridgehead atoms. The fourth-order valence-electron chi connectivity index (χ4n) is 1.91. The predicted molar refractivity (Wildman–Crippen MR) is 72.2 cm³/mol. The summed E-state index contributed by atoms with van der Waals surface area (Å²) in [6.07, 6.45) is 0. The standard InChI is InChI=1S/C14H16O2Si/c15-13-7-3-1-5-11(13)9-17-10-12-6-2-4-8-14(12)16/h1-8,15-16H,9-10,17H2. The first-order valence-corrected chi connectivity index (χ1v) is 7.81. The van der Waals surface area contributed by atoms with Gasteiger partial charge in [0.1, 0.15) is 11.5 Å². The van der Waals surface area contributed by atoms with Gasteiger partial charge in [0, 0.05) is 9.52 Å². The van der Waals surface area contributed by atoms with Crippen molar-refractivity contribution in [2.75, 3.05) is 0 Å². The summed E-state index contributed by atoms with van der Waals surface area (Å²) in [4.78, 5) is 0. The lowest BCUT2D eigenvalue weighted by Crippen LogP contribution is -2.02. The molecule has 0 atom stereocenters. The number of rotatable bonds is 4. The van der Waals surface area contributed by atoms with Crippen LogP contribution in [0.5, 0.6) is 11.5 Å². The first-order valence-electron chi connectivity index (χ1n) is 5.81. The molecule has 2 rings (SSSR count). The molecule has 2 aromatic carbocycles. The van der Waals surface area contributed by atoms with Crippen LogP contribution in [0.1, 0.15) is 11.1 Å². The molecular weight excluding hydrogens is 228 g/mol. The molecule has 0 spiro atoms. The Morgan fingerprint density at radius 2 is 1.12 bits per heavy atom. The quantitative estimate of drug-likeness (QED) is 0.807. The highest BCUT2D eigenvalue weighted by molar-refractivity contribution is 6.34. The molecule has 0 saturated carbocycles. The SMILES string of the molecule is Oc1ccccc1C[SiH2]Cc1ccccc1O. The van der Waals surface area contributed by atoms with E-state index in [1.54, 1.807) is 12.1 Å². The molecule has 0 fully saturated rings. The first-order chi connectivity index (χ1) is 8.27. The van der Waals surface area contributed by atoms with Crippen molar-refractivity contribution in [3.8, 4) is 11.5 Å². The molecule has 2 aromatic rings. The second-order valence-electron chi connectivity index (χ2n) is 4.11. The maximum atomic E-state index is 9.64.